The van der Waals surface area contributed by atoms with Crippen LogP contribution in [-0.4, -0.2) is 79.9 Å². The molecule has 2 aromatic heterocycles. The smallest absolute Gasteiger partial charge is 0.475 e. The summed E-state index contributed by atoms with van der Waals surface area (Å²) in [5, 5.41) is 11.3. The van der Waals surface area contributed by atoms with Crippen molar-refractivity contribution in [3.8, 4) is 0 Å². The average Bonchev–Trinajstić information content (AvgIpc) is 3.31. The van der Waals surface area contributed by atoms with E-state index in [4.69, 9.17) is 19.4 Å². The van der Waals surface area contributed by atoms with E-state index in [0.717, 1.165) is 45.6 Å². The van der Waals surface area contributed by atoms with Gasteiger partial charge in [0.05, 0.1) is 25.9 Å². The Bertz CT molecular complexity index is 822. The van der Waals surface area contributed by atoms with Crippen LogP contribution in [0, 0.1) is 0 Å². The van der Waals surface area contributed by atoms with E-state index in [9.17, 15) is 13.2 Å². The van der Waals surface area contributed by atoms with Gasteiger partial charge in [0, 0.05) is 32.0 Å². The second kappa shape index (κ2) is 10.2. The first kappa shape index (κ1) is 23.1. The number of rotatable bonds is 4. The van der Waals surface area contributed by atoms with Gasteiger partial charge in [0.25, 0.3) is 0 Å². The van der Waals surface area contributed by atoms with E-state index in [2.05, 4.69) is 26.0 Å². The third-order valence-electron chi connectivity index (χ3n) is 5.00. The van der Waals surface area contributed by atoms with E-state index < -0.39 is 12.1 Å². The maximum Gasteiger partial charge on any atom is 0.490 e. The van der Waals surface area contributed by atoms with Crippen molar-refractivity contribution in [2.45, 2.75) is 43.8 Å². The Morgan fingerprint density at radius 1 is 1.35 bits per heavy atom. The molecule has 1 spiro atoms. The molecule has 2 fully saturated rings. The lowest BCUT2D eigenvalue weighted by molar-refractivity contribution is -0.192. The van der Waals surface area contributed by atoms with Crippen LogP contribution >= 0.6 is 0 Å². The maximum atomic E-state index is 10.6. The van der Waals surface area contributed by atoms with Gasteiger partial charge in [-0.1, -0.05) is 6.07 Å². The van der Waals surface area contributed by atoms with Gasteiger partial charge in [-0.25, -0.2) is 9.78 Å². The highest BCUT2D eigenvalue weighted by Gasteiger charge is 2.43. The second-order valence-electron chi connectivity index (χ2n) is 7.51. The number of aliphatic carboxylic acids is 1. The number of pyridine rings is 1. The number of hydrogen-bond donors (Lipinski definition) is 1. The second-order valence-corrected chi connectivity index (χ2v) is 7.51. The number of alkyl halides is 3. The topological polar surface area (TPSA) is 103 Å². The summed E-state index contributed by atoms with van der Waals surface area (Å²) in [6.07, 6.45) is 4.20. The van der Waals surface area contributed by atoms with Crippen LogP contribution in [0.1, 0.15) is 18.4 Å². The number of carboxylic acids is 1. The van der Waals surface area contributed by atoms with Crippen LogP contribution in [0.2, 0.25) is 0 Å². The summed E-state index contributed by atoms with van der Waals surface area (Å²) in [6.45, 7) is 4.88. The zero-order chi connectivity index (χ0) is 22.3. The van der Waals surface area contributed by atoms with E-state index in [1.54, 1.807) is 12.7 Å². The van der Waals surface area contributed by atoms with Crippen molar-refractivity contribution in [3.63, 3.8) is 0 Å². The zero-order valence-corrected chi connectivity index (χ0v) is 16.7. The SMILES string of the molecule is O=C(O)C(F)(F)F.c1cncc(CN2CCOCC3(CCC(Cn4cncn4)O3)C2)c1. The van der Waals surface area contributed by atoms with Crippen molar-refractivity contribution in [2.75, 3.05) is 26.3 Å². The Labute approximate surface area is 176 Å². The van der Waals surface area contributed by atoms with Crippen LogP contribution in [0.15, 0.2) is 37.2 Å². The first-order valence-corrected chi connectivity index (χ1v) is 9.75. The van der Waals surface area contributed by atoms with Crippen molar-refractivity contribution in [2.24, 2.45) is 0 Å². The van der Waals surface area contributed by atoms with Gasteiger partial charge in [0.2, 0.25) is 0 Å². The van der Waals surface area contributed by atoms with Crippen molar-refractivity contribution < 1.29 is 32.5 Å². The fourth-order valence-electron chi connectivity index (χ4n) is 3.65. The van der Waals surface area contributed by atoms with Gasteiger partial charge in [-0.3, -0.25) is 14.6 Å². The van der Waals surface area contributed by atoms with Crippen LogP contribution in [-0.2, 0) is 27.4 Å². The van der Waals surface area contributed by atoms with Gasteiger partial charge >= 0.3 is 12.1 Å². The highest BCUT2D eigenvalue weighted by molar-refractivity contribution is 5.73. The lowest BCUT2D eigenvalue weighted by atomic mass is 10.00. The Morgan fingerprint density at radius 2 is 2.16 bits per heavy atom. The third-order valence-corrected chi connectivity index (χ3v) is 5.00. The minimum Gasteiger partial charge on any atom is -0.475 e. The number of carbonyl (C=O) groups is 1. The summed E-state index contributed by atoms with van der Waals surface area (Å²) in [5.74, 6) is -2.76. The van der Waals surface area contributed by atoms with E-state index in [1.165, 1.54) is 5.56 Å². The van der Waals surface area contributed by atoms with E-state index >= 15 is 0 Å². The van der Waals surface area contributed by atoms with E-state index in [0.29, 0.717) is 6.61 Å². The molecule has 4 heterocycles. The van der Waals surface area contributed by atoms with Gasteiger partial charge in [-0.15, -0.1) is 0 Å². The molecule has 2 aliphatic heterocycles. The van der Waals surface area contributed by atoms with Crippen molar-refractivity contribution in [3.05, 3.63) is 42.7 Å². The summed E-state index contributed by atoms with van der Waals surface area (Å²) in [7, 11) is 0. The number of halogens is 3. The molecule has 2 aliphatic rings. The van der Waals surface area contributed by atoms with Gasteiger partial charge in [-0.2, -0.15) is 18.3 Å². The number of aromatic nitrogens is 4. The summed E-state index contributed by atoms with van der Waals surface area (Å²) < 4.78 is 45.9. The summed E-state index contributed by atoms with van der Waals surface area (Å²) in [4.78, 5) is 19.5. The molecule has 0 bridgehead atoms. The normalized spacial score (nSPS) is 24.4. The molecule has 0 aliphatic carbocycles. The van der Waals surface area contributed by atoms with E-state index in [-0.39, 0.29) is 11.7 Å². The number of ether oxygens (including phenoxy) is 2. The predicted octanol–water partition coefficient (Wildman–Crippen LogP) is 1.76. The lowest BCUT2D eigenvalue weighted by Crippen LogP contribution is -2.44. The lowest BCUT2D eigenvalue weighted by Gasteiger charge is -2.32. The predicted molar refractivity (Wildman–Crippen MR) is 101 cm³/mol. The molecule has 170 valence electrons. The number of hydrogen-bond acceptors (Lipinski definition) is 7. The highest BCUT2D eigenvalue weighted by Crippen LogP contribution is 2.34. The fraction of sp³-hybridized carbons (Fsp3) is 0.579. The van der Waals surface area contributed by atoms with Crippen LogP contribution in [0.5, 0.6) is 0 Å². The zero-order valence-electron chi connectivity index (χ0n) is 16.7. The van der Waals surface area contributed by atoms with Crippen molar-refractivity contribution in [1.29, 1.82) is 0 Å². The minimum atomic E-state index is -5.08. The molecule has 31 heavy (non-hydrogen) atoms. The highest BCUT2D eigenvalue weighted by atomic mass is 19.4. The summed E-state index contributed by atoms with van der Waals surface area (Å²) in [5.41, 5.74) is 1.02. The quantitative estimate of drug-likeness (QED) is 0.763. The first-order valence-electron chi connectivity index (χ1n) is 9.75. The first-order chi connectivity index (χ1) is 14.8. The molecule has 12 heteroatoms. The Balaban J connectivity index is 0.000000339. The average molecular weight is 443 g/mol. The molecule has 0 saturated carbocycles. The molecule has 0 radical (unpaired) electrons. The van der Waals surface area contributed by atoms with E-state index in [1.807, 2.05) is 23.1 Å². The number of nitrogens with zero attached hydrogens (tertiary/aromatic N) is 5. The van der Waals surface area contributed by atoms with Crippen molar-refractivity contribution in [1.82, 2.24) is 24.6 Å². The Kier molecular flexibility index (Phi) is 7.57. The molecular weight excluding hydrogens is 419 g/mol. The maximum absolute atomic E-state index is 10.6. The molecule has 2 unspecified atom stereocenters. The van der Waals surface area contributed by atoms with Crippen molar-refractivity contribution >= 4 is 5.97 Å². The standard InChI is InChI=1S/C17H23N5O2.C2HF3O2/c1-2-15(8-18-5-1)9-21-6-7-23-12-17(11-21)4-3-16(24-17)10-22-14-19-13-20-22;3-2(4,5)1(6)7/h1-2,5,8,13-14,16H,3-4,6-7,9-12H2;(H,6,7). The van der Waals surface area contributed by atoms with Gasteiger partial charge in [0.15, 0.2) is 0 Å². The van der Waals surface area contributed by atoms with Gasteiger partial charge in [0.1, 0.15) is 18.3 Å². The van der Waals surface area contributed by atoms with Gasteiger partial charge < -0.3 is 14.6 Å². The molecule has 1 N–H and O–H groups in total. The Morgan fingerprint density at radius 3 is 2.81 bits per heavy atom. The molecule has 9 nitrogen and oxygen atoms in total. The largest absolute Gasteiger partial charge is 0.490 e. The molecule has 2 saturated heterocycles. The Hall–Kier alpha value is -2.57. The molecule has 2 atom stereocenters. The third kappa shape index (κ3) is 6.97. The fourth-order valence-corrected chi connectivity index (χ4v) is 3.65. The number of carboxylic acid groups (broad SMARTS) is 1. The van der Waals surface area contributed by atoms with Crippen LogP contribution in [0.4, 0.5) is 13.2 Å². The molecule has 0 amide bonds. The molecular formula is C19H24F3N5O4. The molecule has 2 aromatic rings. The van der Waals surface area contributed by atoms with Crippen LogP contribution < -0.4 is 0 Å². The molecule has 4 rings (SSSR count). The van der Waals surface area contributed by atoms with Gasteiger partial charge in [-0.05, 0) is 24.5 Å². The van der Waals surface area contributed by atoms with Crippen LogP contribution in [0.25, 0.3) is 0 Å². The van der Waals surface area contributed by atoms with Crippen LogP contribution in [0.3, 0.4) is 0 Å². The molecule has 0 aromatic carbocycles. The minimum absolute atomic E-state index is 0.175. The summed E-state index contributed by atoms with van der Waals surface area (Å²) >= 11 is 0. The summed E-state index contributed by atoms with van der Waals surface area (Å²) in [6, 6.07) is 4.11. The monoisotopic (exact) mass is 443 g/mol.